The monoisotopic (exact) mass is 359 g/mol. The van der Waals surface area contributed by atoms with Gasteiger partial charge in [0.25, 0.3) is 0 Å². The fourth-order valence-electron chi connectivity index (χ4n) is 1.90. The zero-order valence-corrected chi connectivity index (χ0v) is 15.2. The van der Waals surface area contributed by atoms with E-state index in [0.717, 1.165) is 0 Å². The Morgan fingerprint density at radius 2 is 2.04 bits per heavy atom. The molecule has 2 N–H and O–H groups in total. The van der Waals surface area contributed by atoms with E-state index >= 15 is 0 Å². The van der Waals surface area contributed by atoms with Crippen LogP contribution in [0.5, 0.6) is 5.75 Å². The van der Waals surface area contributed by atoms with E-state index in [1.165, 1.54) is 12.3 Å². The Morgan fingerprint density at radius 1 is 1.33 bits per heavy atom. The van der Waals surface area contributed by atoms with E-state index in [-0.39, 0.29) is 17.6 Å². The normalized spacial score (nSPS) is 13.4. The van der Waals surface area contributed by atoms with Crippen molar-refractivity contribution in [2.75, 3.05) is 31.6 Å². The number of hydrogen-bond acceptors (Lipinski definition) is 4. The SMILES string of the molecule is CCNC(=NCC(C)Oc1ccccc1F)NCCCS(C)(=O)=O. The Morgan fingerprint density at radius 3 is 2.67 bits per heavy atom. The van der Waals surface area contributed by atoms with Gasteiger partial charge in [-0.3, -0.25) is 0 Å². The Kier molecular flexibility index (Phi) is 8.53. The van der Waals surface area contributed by atoms with E-state index in [4.69, 9.17) is 4.74 Å². The predicted octanol–water partition coefficient (Wildman–Crippen LogP) is 1.58. The summed E-state index contributed by atoms with van der Waals surface area (Å²) in [6, 6.07) is 6.24. The van der Waals surface area contributed by atoms with Gasteiger partial charge in [0.1, 0.15) is 15.9 Å². The van der Waals surface area contributed by atoms with Crippen molar-refractivity contribution in [1.29, 1.82) is 0 Å². The van der Waals surface area contributed by atoms with Crippen LogP contribution in [0.2, 0.25) is 0 Å². The van der Waals surface area contributed by atoms with Crippen molar-refractivity contribution in [3.05, 3.63) is 30.1 Å². The third kappa shape index (κ3) is 8.71. The Balaban J connectivity index is 2.47. The number of halogens is 1. The lowest BCUT2D eigenvalue weighted by molar-refractivity contribution is 0.220. The second-order valence-electron chi connectivity index (χ2n) is 5.49. The quantitative estimate of drug-likeness (QED) is 0.398. The Bertz CT molecular complexity index is 635. The smallest absolute Gasteiger partial charge is 0.191 e. The van der Waals surface area contributed by atoms with Gasteiger partial charge < -0.3 is 15.4 Å². The zero-order valence-electron chi connectivity index (χ0n) is 14.4. The van der Waals surface area contributed by atoms with Crippen molar-refractivity contribution >= 4 is 15.8 Å². The van der Waals surface area contributed by atoms with E-state index in [1.807, 2.05) is 13.8 Å². The number of hydrogen-bond donors (Lipinski definition) is 2. The lowest BCUT2D eigenvalue weighted by Crippen LogP contribution is -2.39. The molecular weight excluding hydrogens is 333 g/mol. The summed E-state index contributed by atoms with van der Waals surface area (Å²) in [5.74, 6) is 0.507. The third-order valence-electron chi connectivity index (χ3n) is 3.00. The van der Waals surface area contributed by atoms with E-state index in [0.29, 0.717) is 32.0 Å². The molecule has 0 amide bonds. The van der Waals surface area contributed by atoms with Gasteiger partial charge in [-0.1, -0.05) is 12.1 Å². The molecular formula is C16H26FN3O3S. The van der Waals surface area contributed by atoms with Gasteiger partial charge in [-0.05, 0) is 32.4 Å². The van der Waals surface area contributed by atoms with Crippen LogP contribution in [0.3, 0.4) is 0 Å². The molecule has 0 spiro atoms. The predicted molar refractivity (Wildman–Crippen MR) is 94.8 cm³/mol. The van der Waals surface area contributed by atoms with Crippen molar-refractivity contribution < 1.29 is 17.5 Å². The zero-order chi connectivity index (χ0) is 18.0. The maximum atomic E-state index is 13.5. The summed E-state index contributed by atoms with van der Waals surface area (Å²) in [7, 11) is -2.95. The minimum absolute atomic E-state index is 0.131. The second kappa shape index (κ2) is 10.1. The number of nitrogens with zero attached hydrogens (tertiary/aromatic N) is 1. The molecule has 0 aliphatic rings. The Labute approximate surface area is 143 Å². The number of para-hydroxylation sites is 1. The molecule has 0 aliphatic carbocycles. The van der Waals surface area contributed by atoms with Gasteiger partial charge in [0, 0.05) is 19.3 Å². The molecule has 1 rings (SSSR count). The summed E-state index contributed by atoms with van der Waals surface area (Å²) in [6.07, 6.45) is 1.42. The molecule has 0 aromatic heterocycles. The summed E-state index contributed by atoms with van der Waals surface area (Å²) in [6.45, 7) is 5.27. The van der Waals surface area contributed by atoms with Crippen molar-refractivity contribution in [1.82, 2.24) is 10.6 Å². The molecule has 6 nitrogen and oxygen atoms in total. The first kappa shape index (κ1) is 20.2. The van der Waals surface area contributed by atoms with Crippen LogP contribution >= 0.6 is 0 Å². The average molecular weight is 359 g/mol. The molecule has 0 radical (unpaired) electrons. The molecule has 0 fully saturated rings. The van der Waals surface area contributed by atoms with Gasteiger partial charge in [0.2, 0.25) is 0 Å². The lowest BCUT2D eigenvalue weighted by Gasteiger charge is -2.15. The molecule has 0 saturated carbocycles. The molecule has 1 aromatic carbocycles. The minimum Gasteiger partial charge on any atom is -0.486 e. The van der Waals surface area contributed by atoms with E-state index in [1.54, 1.807) is 18.2 Å². The highest BCUT2D eigenvalue weighted by Crippen LogP contribution is 2.16. The van der Waals surface area contributed by atoms with Gasteiger partial charge >= 0.3 is 0 Å². The number of aliphatic imine (C=N–C) groups is 1. The molecule has 8 heteroatoms. The van der Waals surface area contributed by atoms with Gasteiger partial charge in [-0.2, -0.15) is 0 Å². The molecule has 0 heterocycles. The highest BCUT2D eigenvalue weighted by atomic mass is 32.2. The largest absolute Gasteiger partial charge is 0.486 e. The molecule has 24 heavy (non-hydrogen) atoms. The summed E-state index contributed by atoms with van der Waals surface area (Å²) in [5.41, 5.74) is 0. The molecule has 0 bridgehead atoms. The maximum absolute atomic E-state index is 13.5. The van der Waals surface area contributed by atoms with Crippen LogP contribution in [-0.2, 0) is 9.84 Å². The van der Waals surface area contributed by atoms with Crippen molar-refractivity contribution in [2.24, 2.45) is 4.99 Å². The van der Waals surface area contributed by atoms with Gasteiger partial charge in [-0.25, -0.2) is 17.8 Å². The highest BCUT2D eigenvalue weighted by Gasteiger charge is 2.08. The van der Waals surface area contributed by atoms with Crippen molar-refractivity contribution in [3.8, 4) is 5.75 Å². The molecule has 136 valence electrons. The van der Waals surface area contributed by atoms with Gasteiger partial charge in [0.05, 0.1) is 12.3 Å². The van der Waals surface area contributed by atoms with Gasteiger partial charge in [-0.15, -0.1) is 0 Å². The summed E-state index contributed by atoms with van der Waals surface area (Å²) in [4.78, 5) is 4.37. The average Bonchev–Trinajstić information content (AvgIpc) is 2.50. The van der Waals surface area contributed by atoms with Crippen molar-refractivity contribution in [2.45, 2.75) is 26.4 Å². The van der Waals surface area contributed by atoms with E-state index in [2.05, 4.69) is 15.6 Å². The van der Waals surface area contributed by atoms with E-state index < -0.39 is 15.7 Å². The Hall–Kier alpha value is -1.83. The number of guanidine groups is 1. The summed E-state index contributed by atoms with van der Waals surface area (Å²) < 4.78 is 41.3. The van der Waals surface area contributed by atoms with Crippen LogP contribution in [0, 0.1) is 5.82 Å². The fraction of sp³-hybridized carbons (Fsp3) is 0.562. The second-order valence-corrected chi connectivity index (χ2v) is 7.75. The number of rotatable bonds is 9. The first-order chi connectivity index (χ1) is 11.3. The van der Waals surface area contributed by atoms with Crippen molar-refractivity contribution in [3.63, 3.8) is 0 Å². The number of nitrogens with one attached hydrogen (secondary N) is 2. The maximum Gasteiger partial charge on any atom is 0.191 e. The lowest BCUT2D eigenvalue weighted by atomic mass is 10.3. The standard InChI is InChI=1S/C16H26FN3O3S/c1-4-18-16(19-10-7-11-24(3,21)22)20-12-13(2)23-15-9-6-5-8-14(15)17/h5-6,8-9,13H,4,7,10-12H2,1-3H3,(H2,18,19,20). The minimum atomic E-state index is -2.95. The van der Waals surface area contributed by atoms with Crippen LogP contribution in [0.4, 0.5) is 4.39 Å². The molecule has 0 aliphatic heterocycles. The van der Waals surface area contributed by atoms with E-state index in [9.17, 15) is 12.8 Å². The van der Waals surface area contributed by atoms with Crippen LogP contribution in [0.15, 0.2) is 29.3 Å². The molecule has 0 saturated heterocycles. The number of sulfone groups is 1. The first-order valence-electron chi connectivity index (χ1n) is 7.93. The first-order valence-corrected chi connectivity index (χ1v) is 9.99. The summed E-state index contributed by atoms with van der Waals surface area (Å²) in [5, 5.41) is 6.14. The van der Waals surface area contributed by atoms with Crippen LogP contribution in [0.25, 0.3) is 0 Å². The van der Waals surface area contributed by atoms with Crippen LogP contribution < -0.4 is 15.4 Å². The third-order valence-corrected chi connectivity index (χ3v) is 4.03. The van der Waals surface area contributed by atoms with Crippen LogP contribution in [0.1, 0.15) is 20.3 Å². The number of ether oxygens (including phenoxy) is 1. The molecule has 1 unspecified atom stereocenters. The van der Waals surface area contributed by atoms with Crippen LogP contribution in [-0.4, -0.2) is 52.1 Å². The topological polar surface area (TPSA) is 79.8 Å². The highest BCUT2D eigenvalue weighted by molar-refractivity contribution is 7.90. The van der Waals surface area contributed by atoms with Gasteiger partial charge in [0.15, 0.2) is 17.5 Å². The number of benzene rings is 1. The molecule has 1 aromatic rings. The fourth-order valence-corrected chi connectivity index (χ4v) is 2.57. The summed E-state index contributed by atoms with van der Waals surface area (Å²) >= 11 is 0. The molecule has 1 atom stereocenters.